The number of aromatic nitrogens is 1. The maximum Gasteiger partial charge on any atom is 0.338 e. The second-order valence-corrected chi connectivity index (χ2v) is 10.7. The number of carbonyl (C=O) groups excluding carboxylic acids is 4. The van der Waals surface area contributed by atoms with Crippen molar-refractivity contribution in [2.24, 2.45) is 0 Å². The normalized spacial score (nSPS) is 13.8. The number of urea groups is 2. The number of esters is 2. The first-order valence-corrected chi connectivity index (χ1v) is 14.8. The minimum Gasteiger partial charge on any atom is -0.462 e. The number of fused-ring (bicyclic) bond motifs is 1. The zero-order chi connectivity index (χ0) is 30.1. The fourth-order valence-corrected chi connectivity index (χ4v) is 5.70. The Kier molecular flexibility index (Phi) is 10.5. The van der Waals surface area contributed by atoms with E-state index in [1.165, 1.54) is 11.3 Å². The Hall–Kier alpha value is -4.45. The molecule has 0 radical (unpaired) electrons. The third kappa shape index (κ3) is 7.84. The lowest BCUT2D eigenvalue weighted by Crippen LogP contribution is -2.45. The summed E-state index contributed by atoms with van der Waals surface area (Å²) in [7, 11) is 0. The van der Waals surface area contributed by atoms with Crippen LogP contribution in [0.2, 0.25) is 0 Å². The fourth-order valence-electron chi connectivity index (χ4n) is 4.63. The molecule has 1 aliphatic carbocycles. The van der Waals surface area contributed by atoms with Gasteiger partial charge in [-0.2, -0.15) is 0 Å². The van der Waals surface area contributed by atoms with Crippen LogP contribution in [-0.2, 0) is 22.3 Å². The molecule has 0 spiro atoms. The zero-order valence-electron chi connectivity index (χ0n) is 23.9. The predicted octanol–water partition coefficient (Wildman–Crippen LogP) is 5.94. The van der Waals surface area contributed by atoms with Crippen molar-refractivity contribution in [3.8, 4) is 0 Å². The van der Waals surface area contributed by atoms with Crippen LogP contribution in [0.5, 0.6) is 0 Å². The number of anilines is 3. The molecule has 0 saturated heterocycles. The van der Waals surface area contributed by atoms with Crippen molar-refractivity contribution in [1.29, 1.82) is 0 Å². The van der Waals surface area contributed by atoms with E-state index in [0.717, 1.165) is 23.4 Å². The Morgan fingerprint density at radius 3 is 1.98 bits per heavy atom. The van der Waals surface area contributed by atoms with Gasteiger partial charge in [-0.15, -0.1) is 11.3 Å². The third-order valence-corrected chi connectivity index (χ3v) is 7.64. The number of nitrogens with zero attached hydrogens (tertiary/aromatic N) is 2. The first-order chi connectivity index (χ1) is 20.3. The highest BCUT2D eigenvalue weighted by atomic mass is 32.1. The van der Waals surface area contributed by atoms with E-state index in [2.05, 4.69) is 20.9 Å². The summed E-state index contributed by atoms with van der Waals surface area (Å²) in [6.45, 7) is 6.70. The van der Waals surface area contributed by atoms with E-state index in [0.29, 0.717) is 53.6 Å². The van der Waals surface area contributed by atoms with Gasteiger partial charge in [0.15, 0.2) is 5.13 Å². The Morgan fingerprint density at radius 1 is 0.857 bits per heavy atom. The second kappa shape index (κ2) is 14.4. The molecule has 0 fully saturated rings. The van der Waals surface area contributed by atoms with Crippen LogP contribution >= 0.6 is 11.3 Å². The van der Waals surface area contributed by atoms with E-state index in [4.69, 9.17) is 9.47 Å². The van der Waals surface area contributed by atoms with Crippen LogP contribution in [-0.4, -0.2) is 59.7 Å². The molecule has 1 heterocycles. The largest absolute Gasteiger partial charge is 0.462 e. The SMILES string of the molecule is CCCN(C(=O)Nc1ccc(C(=O)OCC)cc1)C1CCc2nc(NC(=O)Nc3ccc(C(=O)OCC)cc3)sc2C1. The molecular formula is C30H35N5O6S. The first-order valence-electron chi connectivity index (χ1n) is 14.0. The van der Waals surface area contributed by atoms with Gasteiger partial charge in [0.1, 0.15) is 0 Å². The highest BCUT2D eigenvalue weighted by molar-refractivity contribution is 7.15. The molecule has 0 bridgehead atoms. The summed E-state index contributed by atoms with van der Waals surface area (Å²) in [5.74, 6) is -0.818. The lowest BCUT2D eigenvalue weighted by Gasteiger charge is -2.33. The van der Waals surface area contributed by atoms with Crippen LogP contribution in [0.3, 0.4) is 0 Å². The van der Waals surface area contributed by atoms with Gasteiger partial charge in [-0.3, -0.25) is 5.32 Å². The fraction of sp³-hybridized carbons (Fsp3) is 0.367. The number of nitrogens with one attached hydrogen (secondary N) is 3. The molecule has 3 N–H and O–H groups in total. The van der Waals surface area contributed by atoms with E-state index in [-0.39, 0.29) is 18.7 Å². The third-order valence-electron chi connectivity index (χ3n) is 6.60. The van der Waals surface area contributed by atoms with Crippen molar-refractivity contribution in [3.63, 3.8) is 0 Å². The number of rotatable bonds is 10. The first kappa shape index (κ1) is 30.5. The van der Waals surface area contributed by atoms with Gasteiger partial charge in [0.2, 0.25) is 0 Å². The van der Waals surface area contributed by atoms with Gasteiger partial charge >= 0.3 is 24.0 Å². The lowest BCUT2D eigenvalue weighted by molar-refractivity contribution is 0.0517. The molecule has 1 aromatic heterocycles. The van der Waals surface area contributed by atoms with Crippen molar-refractivity contribution in [3.05, 3.63) is 70.2 Å². The van der Waals surface area contributed by atoms with Crippen molar-refractivity contribution in [2.75, 3.05) is 35.7 Å². The van der Waals surface area contributed by atoms with E-state index in [1.54, 1.807) is 62.4 Å². The molecule has 2 aromatic carbocycles. The van der Waals surface area contributed by atoms with E-state index >= 15 is 0 Å². The number of hydrogen-bond acceptors (Lipinski definition) is 8. The summed E-state index contributed by atoms with van der Waals surface area (Å²) in [6, 6.07) is 12.4. The summed E-state index contributed by atoms with van der Waals surface area (Å²) >= 11 is 1.40. The number of hydrogen-bond donors (Lipinski definition) is 3. The molecule has 12 heteroatoms. The van der Waals surface area contributed by atoms with Crippen LogP contribution in [0, 0.1) is 0 Å². The second-order valence-electron chi connectivity index (χ2n) is 9.58. The van der Waals surface area contributed by atoms with Gasteiger partial charge in [-0.25, -0.2) is 24.2 Å². The number of aryl methyl sites for hydroxylation is 1. The van der Waals surface area contributed by atoms with Crippen molar-refractivity contribution in [1.82, 2.24) is 9.88 Å². The summed E-state index contributed by atoms with van der Waals surface area (Å²) in [5, 5.41) is 8.96. The van der Waals surface area contributed by atoms with Gasteiger partial charge in [0.05, 0.1) is 30.0 Å². The number of thiazole rings is 1. The van der Waals surface area contributed by atoms with Crippen LogP contribution in [0.25, 0.3) is 0 Å². The van der Waals surface area contributed by atoms with Gasteiger partial charge < -0.3 is 25.0 Å². The standard InChI is InChI=1S/C30H35N5O6S/c1-4-17-35(30(39)32-22-13-9-20(10-14-22)27(37)41-6-3)23-15-16-24-25(18-23)42-29(33-24)34-28(38)31-21-11-7-19(8-12-21)26(36)40-5-2/h7-14,23H,4-6,15-18H2,1-3H3,(H,32,39)(H2,31,33,34,38). The Morgan fingerprint density at radius 2 is 1.43 bits per heavy atom. The maximum absolute atomic E-state index is 13.3. The van der Waals surface area contributed by atoms with Crippen LogP contribution in [0.4, 0.5) is 26.1 Å². The average Bonchev–Trinajstić information content (AvgIpc) is 3.38. The molecular weight excluding hydrogens is 558 g/mol. The van der Waals surface area contributed by atoms with Gasteiger partial charge in [0.25, 0.3) is 0 Å². The van der Waals surface area contributed by atoms with Crippen LogP contribution < -0.4 is 16.0 Å². The quantitative estimate of drug-likeness (QED) is 0.247. The van der Waals surface area contributed by atoms with Gasteiger partial charge in [-0.1, -0.05) is 6.92 Å². The smallest absolute Gasteiger partial charge is 0.338 e. The van der Waals surface area contributed by atoms with E-state index in [1.807, 2.05) is 11.8 Å². The monoisotopic (exact) mass is 593 g/mol. The van der Waals surface area contributed by atoms with Crippen molar-refractivity contribution >= 4 is 51.8 Å². The van der Waals surface area contributed by atoms with Gasteiger partial charge in [0, 0.05) is 35.3 Å². The summed E-state index contributed by atoms with van der Waals surface area (Å²) < 4.78 is 9.99. The maximum atomic E-state index is 13.3. The summed E-state index contributed by atoms with van der Waals surface area (Å²) in [6.07, 6.45) is 2.89. The molecule has 1 atom stereocenters. The number of amides is 4. The van der Waals surface area contributed by atoms with Gasteiger partial charge in [-0.05, 0) is 81.6 Å². The van der Waals surface area contributed by atoms with Crippen LogP contribution in [0.15, 0.2) is 48.5 Å². The molecule has 1 unspecified atom stereocenters. The summed E-state index contributed by atoms with van der Waals surface area (Å²) in [5.41, 5.74) is 2.88. The molecule has 0 saturated carbocycles. The molecule has 4 amide bonds. The van der Waals surface area contributed by atoms with Crippen molar-refractivity contribution < 1.29 is 28.7 Å². The van der Waals surface area contributed by atoms with E-state index in [9.17, 15) is 19.2 Å². The topological polar surface area (TPSA) is 139 Å². The average molecular weight is 594 g/mol. The van der Waals surface area contributed by atoms with Crippen molar-refractivity contribution in [2.45, 2.75) is 52.5 Å². The highest BCUT2D eigenvalue weighted by Gasteiger charge is 2.30. The predicted molar refractivity (Wildman–Crippen MR) is 161 cm³/mol. The molecule has 11 nitrogen and oxygen atoms in total. The highest BCUT2D eigenvalue weighted by Crippen LogP contribution is 2.32. The number of carbonyl (C=O) groups is 4. The molecule has 42 heavy (non-hydrogen) atoms. The summed E-state index contributed by atoms with van der Waals surface area (Å²) in [4.78, 5) is 57.1. The zero-order valence-corrected chi connectivity index (χ0v) is 24.7. The molecule has 4 rings (SSSR count). The minimum atomic E-state index is -0.442. The van der Waals surface area contributed by atoms with Crippen LogP contribution in [0.1, 0.15) is 64.9 Å². The Bertz CT molecular complexity index is 1410. The number of benzene rings is 2. The Labute approximate surface area is 248 Å². The Balaban J connectivity index is 1.34. The lowest BCUT2D eigenvalue weighted by atomic mass is 9.96. The molecule has 1 aliphatic rings. The molecule has 222 valence electrons. The molecule has 3 aromatic rings. The minimum absolute atomic E-state index is 0.0173. The number of ether oxygens (including phenoxy) is 2. The van der Waals surface area contributed by atoms with E-state index < -0.39 is 18.0 Å². The molecule has 0 aliphatic heterocycles.